The van der Waals surface area contributed by atoms with Crippen LogP contribution in [-0.2, 0) is 6.42 Å². The number of carbonyl (C=O) groups excluding carboxylic acids is 3. The standard InChI is InChI=1S/C25H14Cl2N4O3/c26-18-11-20-21(12-19(18)27)31(23(32)15-7-5-14(13-28)6-8-15)22(29-20)9-10-30-24(33)16-3-1-2-4-17(16)25(30)34/h1-8,11-12H,9-10H2. The molecule has 2 heterocycles. The number of amides is 2. The third-order valence-electron chi connectivity index (χ3n) is 5.67. The third-order valence-corrected chi connectivity index (χ3v) is 6.39. The maximum absolute atomic E-state index is 13.5. The molecule has 0 radical (unpaired) electrons. The molecule has 0 fully saturated rings. The maximum atomic E-state index is 13.5. The molecule has 0 N–H and O–H groups in total. The molecule has 1 aliphatic heterocycles. The number of carbonyl (C=O) groups is 3. The van der Waals surface area contributed by atoms with Crippen molar-refractivity contribution >= 4 is 52.0 Å². The van der Waals surface area contributed by atoms with Gasteiger partial charge in [-0.05, 0) is 48.5 Å². The van der Waals surface area contributed by atoms with Gasteiger partial charge in [0, 0.05) is 18.5 Å². The lowest BCUT2D eigenvalue weighted by atomic mass is 10.1. The molecule has 0 atom stereocenters. The van der Waals surface area contributed by atoms with E-state index in [-0.39, 0.29) is 40.7 Å². The predicted octanol–water partition coefficient (Wildman–Crippen LogP) is 4.74. The average Bonchev–Trinajstić information content (AvgIpc) is 3.31. The van der Waals surface area contributed by atoms with Gasteiger partial charge in [-0.3, -0.25) is 23.9 Å². The largest absolute Gasteiger partial charge is 0.274 e. The molecule has 3 aromatic carbocycles. The molecule has 2 amide bonds. The number of nitrogens with zero attached hydrogens (tertiary/aromatic N) is 4. The van der Waals surface area contributed by atoms with Crippen molar-refractivity contribution in [1.82, 2.24) is 14.5 Å². The van der Waals surface area contributed by atoms with E-state index in [9.17, 15) is 14.4 Å². The molecule has 9 heteroatoms. The van der Waals surface area contributed by atoms with E-state index in [2.05, 4.69) is 4.98 Å². The Bertz CT molecular complexity index is 1520. The Morgan fingerprint density at radius 2 is 1.56 bits per heavy atom. The Morgan fingerprint density at radius 3 is 2.18 bits per heavy atom. The first-order chi connectivity index (χ1) is 16.4. The lowest BCUT2D eigenvalue weighted by Crippen LogP contribution is -2.32. The molecular weight excluding hydrogens is 475 g/mol. The fraction of sp³-hybridized carbons (Fsp3) is 0.0800. The Kier molecular flexibility index (Phi) is 5.40. The molecule has 7 nitrogen and oxygen atoms in total. The van der Waals surface area contributed by atoms with Gasteiger partial charge < -0.3 is 0 Å². The van der Waals surface area contributed by atoms with Crippen molar-refractivity contribution in [2.75, 3.05) is 6.54 Å². The fourth-order valence-corrected chi connectivity index (χ4v) is 4.30. The number of imide groups is 1. The summed E-state index contributed by atoms with van der Waals surface area (Å²) in [4.78, 5) is 44.6. The minimum atomic E-state index is -0.386. The van der Waals surface area contributed by atoms with Gasteiger partial charge in [0.2, 0.25) is 0 Å². The second-order valence-corrected chi connectivity index (χ2v) is 8.48. The van der Waals surface area contributed by atoms with Gasteiger partial charge in [0.1, 0.15) is 5.82 Å². The van der Waals surface area contributed by atoms with Gasteiger partial charge in [-0.15, -0.1) is 0 Å². The van der Waals surface area contributed by atoms with E-state index >= 15 is 0 Å². The average molecular weight is 489 g/mol. The van der Waals surface area contributed by atoms with Crippen molar-refractivity contribution in [2.24, 2.45) is 0 Å². The minimum absolute atomic E-state index is 0.0395. The van der Waals surface area contributed by atoms with Crippen LogP contribution in [0.25, 0.3) is 11.0 Å². The molecule has 1 aromatic heterocycles. The molecule has 5 rings (SSSR count). The highest BCUT2D eigenvalue weighted by Crippen LogP contribution is 2.30. The zero-order valence-corrected chi connectivity index (χ0v) is 19.0. The summed E-state index contributed by atoms with van der Waals surface area (Å²) in [6.45, 7) is 0.0395. The van der Waals surface area contributed by atoms with Crippen LogP contribution in [-0.4, -0.2) is 38.7 Å². The minimum Gasteiger partial charge on any atom is -0.274 e. The molecule has 4 aromatic rings. The van der Waals surface area contributed by atoms with Crippen LogP contribution < -0.4 is 0 Å². The van der Waals surface area contributed by atoms with Gasteiger partial charge in [0.05, 0.1) is 43.8 Å². The number of hydrogen-bond acceptors (Lipinski definition) is 5. The topological polar surface area (TPSA) is 96.1 Å². The number of rotatable bonds is 4. The van der Waals surface area contributed by atoms with Crippen molar-refractivity contribution in [3.8, 4) is 6.07 Å². The van der Waals surface area contributed by atoms with Gasteiger partial charge in [-0.25, -0.2) is 4.98 Å². The molecule has 0 aliphatic carbocycles. The fourth-order valence-electron chi connectivity index (χ4n) is 3.99. The monoisotopic (exact) mass is 488 g/mol. The zero-order valence-electron chi connectivity index (χ0n) is 17.5. The molecule has 0 unspecified atom stereocenters. The molecule has 34 heavy (non-hydrogen) atoms. The predicted molar refractivity (Wildman–Crippen MR) is 126 cm³/mol. The number of benzene rings is 3. The zero-order chi connectivity index (χ0) is 24.0. The number of fused-ring (bicyclic) bond motifs is 2. The van der Waals surface area contributed by atoms with E-state index in [1.807, 2.05) is 6.07 Å². The van der Waals surface area contributed by atoms with Crippen LogP contribution in [0.2, 0.25) is 10.0 Å². The first-order valence-electron chi connectivity index (χ1n) is 10.3. The van der Waals surface area contributed by atoms with Crippen molar-refractivity contribution in [3.05, 3.63) is 98.8 Å². The summed E-state index contributed by atoms with van der Waals surface area (Å²) in [5, 5.41) is 9.59. The van der Waals surface area contributed by atoms with Crippen LogP contribution in [0.15, 0.2) is 60.7 Å². The van der Waals surface area contributed by atoms with Gasteiger partial charge in [-0.2, -0.15) is 5.26 Å². The SMILES string of the molecule is N#Cc1ccc(C(=O)n2c(CCN3C(=O)c4ccccc4C3=O)nc3cc(Cl)c(Cl)cc32)cc1. The summed E-state index contributed by atoms with van der Waals surface area (Å²) in [6.07, 6.45) is 0.136. The van der Waals surface area contributed by atoms with E-state index in [0.29, 0.717) is 39.1 Å². The number of imidazole rings is 1. The third kappa shape index (κ3) is 3.54. The van der Waals surface area contributed by atoms with Crippen molar-refractivity contribution < 1.29 is 14.4 Å². The maximum Gasteiger partial charge on any atom is 0.263 e. The van der Waals surface area contributed by atoms with E-state index in [1.165, 1.54) is 4.57 Å². The van der Waals surface area contributed by atoms with E-state index in [0.717, 1.165) is 4.90 Å². The summed E-state index contributed by atoms with van der Waals surface area (Å²) >= 11 is 12.4. The molecule has 0 saturated carbocycles. The highest BCUT2D eigenvalue weighted by Gasteiger charge is 2.35. The lowest BCUT2D eigenvalue weighted by molar-refractivity contribution is 0.0655. The van der Waals surface area contributed by atoms with Gasteiger partial charge in [0.25, 0.3) is 17.7 Å². The Hall–Kier alpha value is -3.99. The van der Waals surface area contributed by atoms with E-state index in [4.69, 9.17) is 28.5 Å². The van der Waals surface area contributed by atoms with Crippen LogP contribution in [0.1, 0.15) is 42.5 Å². The van der Waals surface area contributed by atoms with Gasteiger partial charge in [0.15, 0.2) is 0 Å². The van der Waals surface area contributed by atoms with Crippen LogP contribution in [0.4, 0.5) is 0 Å². The number of halogens is 2. The normalized spacial score (nSPS) is 12.8. The molecule has 166 valence electrons. The smallest absolute Gasteiger partial charge is 0.263 e. The Balaban J connectivity index is 1.53. The first-order valence-corrected chi connectivity index (χ1v) is 11.0. The van der Waals surface area contributed by atoms with Crippen molar-refractivity contribution in [2.45, 2.75) is 6.42 Å². The quantitative estimate of drug-likeness (QED) is 0.386. The Labute approximate surface area is 203 Å². The van der Waals surface area contributed by atoms with Crippen LogP contribution >= 0.6 is 23.2 Å². The molecule has 0 saturated heterocycles. The highest BCUT2D eigenvalue weighted by atomic mass is 35.5. The van der Waals surface area contributed by atoms with Gasteiger partial charge >= 0.3 is 0 Å². The molecule has 0 spiro atoms. The lowest BCUT2D eigenvalue weighted by Gasteiger charge is -2.14. The number of aromatic nitrogens is 2. The summed E-state index contributed by atoms with van der Waals surface area (Å²) < 4.78 is 1.40. The van der Waals surface area contributed by atoms with Crippen LogP contribution in [0.3, 0.4) is 0 Å². The summed E-state index contributed by atoms with van der Waals surface area (Å²) in [7, 11) is 0. The summed E-state index contributed by atoms with van der Waals surface area (Å²) in [6, 6.07) is 18.0. The first kappa shape index (κ1) is 21.8. The number of nitriles is 1. The molecule has 1 aliphatic rings. The molecular formula is C25H14Cl2N4O3. The second kappa shape index (κ2) is 8.41. The van der Waals surface area contributed by atoms with Crippen molar-refractivity contribution in [3.63, 3.8) is 0 Å². The van der Waals surface area contributed by atoms with Crippen LogP contribution in [0.5, 0.6) is 0 Å². The van der Waals surface area contributed by atoms with Crippen LogP contribution in [0, 0.1) is 11.3 Å². The second-order valence-electron chi connectivity index (χ2n) is 7.67. The summed E-state index contributed by atoms with van der Waals surface area (Å²) in [5.74, 6) is -0.803. The summed E-state index contributed by atoms with van der Waals surface area (Å²) in [5.41, 5.74) is 2.37. The Morgan fingerprint density at radius 1 is 0.941 bits per heavy atom. The number of hydrogen-bond donors (Lipinski definition) is 0. The van der Waals surface area contributed by atoms with Crippen molar-refractivity contribution in [1.29, 1.82) is 5.26 Å². The van der Waals surface area contributed by atoms with E-state index < -0.39 is 0 Å². The highest BCUT2D eigenvalue weighted by molar-refractivity contribution is 6.42. The van der Waals surface area contributed by atoms with E-state index in [1.54, 1.807) is 60.7 Å². The molecule has 0 bridgehead atoms. The van der Waals surface area contributed by atoms with Gasteiger partial charge in [-0.1, -0.05) is 35.3 Å².